The van der Waals surface area contributed by atoms with E-state index in [0.717, 1.165) is 24.5 Å². The highest BCUT2D eigenvalue weighted by Gasteiger charge is 2.62. The molecule has 0 aromatic carbocycles. The maximum Gasteiger partial charge on any atom is 0.393 e. The molecule has 5 saturated carbocycles. The SMILES string of the molecule is C#CC[C@H]1C(=O)N[C@@H]([C@@H](C)CC)C(=O)N(C)CC(=O)N(C)[C@H]2C/C=C\CCN(C2=O)[C@@H](CC2CCC(C(F)(F)F)CC2)C(=O)N(C)CC(=O)N[C@@H](CCC2CCC(C(F)(F)F)C(Cl)C2)C(=O)N2CC3(CC3)C[C@H]2C(=O)NC2(CC(C)(C)C2)C(=O)N(C)[C@@H](C2CCCC2)C(=O)N(C)[C@H](C(=O)N(C)C)CC(=O)N1C. The Morgan fingerprint density at radius 2 is 1.32 bits per heavy atom. The molecule has 0 radical (unpaired) electrons. The summed E-state index contributed by atoms with van der Waals surface area (Å²) in [6, 6.07) is -11.0. The Labute approximate surface area is 630 Å². The van der Waals surface area contributed by atoms with Crippen molar-refractivity contribution in [3.63, 3.8) is 0 Å². The van der Waals surface area contributed by atoms with Gasteiger partial charge in [-0.3, -0.25) is 57.5 Å². The largest absolute Gasteiger partial charge is 0.393 e. The lowest BCUT2D eigenvalue weighted by molar-refractivity contribution is -0.184. The second-order valence-corrected chi connectivity index (χ2v) is 33.9. The minimum absolute atomic E-state index is 0.0361. The third kappa shape index (κ3) is 20.1. The summed E-state index contributed by atoms with van der Waals surface area (Å²) in [5.41, 5.74) is -2.74. The molecular weight excluding hydrogens is 1420 g/mol. The van der Waals surface area contributed by atoms with E-state index in [1.165, 1.54) is 76.0 Å². The van der Waals surface area contributed by atoms with Gasteiger partial charge in [-0.25, -0.2) is 0 Å². The Hall–Kier alpha value is -7.19. The number of carbonyl (C=O) groups excluding carboxylic acids is 12. The molecule has 3 unspecified atom stereocenters. The van der Waals surface area contributed by atoms with Crippen LogP contribution < -0.4 is 16.0 Å². The van der Waals surface area contributed by atoms with Crippen LogP contribution in [0.4, 0.5) is 26.3 Å². The van der Waals surface area contributed by atoms with Crippen LogP contribution in [0.1, 0.15) is 182 Å². The number of halogens is 7. The summed E-state index contributed by atoms with van der Waals surface area (Å²) >= 11 is 6.44. The molecular formula is C76H113ClF6N12O12. The van der Waals surface area contributed by atoms with E-state index in [2.05, 4.69) is 21.9 Å². The molecule has 0 aromatic heterocycles. The fraction of sp³-hybridized carbons (Fsp3) is 0.789. The Balaban J connectivity index is 1.20. The first-order valence-corrected chi connectivity index (χ1v) is 38.6. The summed E-state index contributed by atoms with van der Waals surface area (Å²) < 4.78 is 84.8. The van der Waals surface area contributed by atoms with Crippen LogP contribution in [-0.2, 0) is 57.5 Å². The van der Waals surface area contributed by atoms with E-state index in [4.69, 9.17) is 18.0 Å². The second kappa shape index (κ2) is 34.8. The van der Waals surface area contributed by atoms with Crippen molar-refractivity contribution in [3.8, 4) is 12.3 Å². The van der Waals surface area contributed by atoms with Gasteiger partial charge >= 0.3 is 12.4 Å². The van der Waals surface area contributed by atoms with Crippen molar-refractivity contribution >= 4 is 82.5 Å². The van der Waals surface area contributed by atoms with Crippen LogP contribution in [0.5, 0.6) is 0 Å². The summed E-state index contributed by atoms with van der Waals surface area (Å²) in [6.07, 6.45) is 2.68. The fourth-order valence-electron chi connectivity index (χ4n) is 17.9. The van der Waals surface area contributed by atoms with Crippen molar-refractivity contribution < 1.29 is 83.9 Å². The van der Waals surface area contributed by atoms with Crippen LogP contribution in [0.25, 0.3) is 0 Å². The van der Waals surface area contributed by atoms with E-state index in [-0.39, 0.29) is 116 Å². The average Bonchev–Trinajstić information content (AvgIpc) is 1.69. The quantitative estimate of drug-likeness (QED) is 0.0897. The number of nitrogens with one attached hydrogen (secondary N) is 3. The minimum Gasteiger partial charge on any atom is -0.347 e. The number of rotatable bonds is 10. The molecule has 24 nitrogen and oxygen atoms in total. The van der Waals surface area contributed by atoms with E-state index in [1.807, 2.05) is 13.8 Å². The van der Waals surface area contributed by atoms with Crippen LogP contribution >= 0.6 is 11.6 Å². The predicted octanol–water partition coefficient (Wildman–Crippen LogP) is 6.66. The van der Waals surface area contributed by atoms with Crippen LogP contribution in [-0.4, -0.2) is 269 Å². The lowest BCUT2D eigenvalue weighted by Crippen LogP contribution is -2.71. The molecule has 3 heterocycles. The minimum atomic E-state index is -4.56. The van der Waals surface area contributed by atoms with Crippen molar-refractivity contribution in [2.75, 3.05) is 82.6 Å². The number of nitrogens with zero attached hydrogens (tertiary/aromatic N) is 9. The Morgan fingerprint density at radius 1 is 0.692 bits per heavy atom. The third-order valence-electron chi connectivity index (χ3n) is 24.7. The molecule has 12 amide bonds. The zero-order chi connectivity index (χ0) is 79.3. The van der Waals surface area contributed by atoms with Gasteiger partial charge in [-0.2, -0.15) is 26.3 Å². The number of likely N-dealkylation sites (N-methyl/N-ethyl adjacent to an activating group) is 7. The number of carbonyl (C=O) groups is 12. The van der Waals surface area contributed by atoms with Gasteiger partial charge in [0, 0.05) is 81.3 Å². The lowest BCUT2D eigenvalue weighted by atomic mass is 9.58. The highest BCUT2D eigenvalue weighted by molar-refractivity contribution is 6.21. The molecule has 3 aliphatic heterocycles. The topological polar surface area (TPSA) is 270 Å². The van der Waals surface area contributed by atoms with Gasteiger partial charge < -0.3 is 60.0 Å². The number of terminal acetylenes is 1. The fourth-order valence-corrected chi connectivity index (χ4v) is 18.5. The van der Waals surface area contributed by atoms with Crippen molar-refractivity contribution in [1.29, 1.82) is 0 Å². The summed E-state index contributed by atoms with van der Waals surface area (Å²) in [5, 5.41) is 7.38. The van der Waals surface area contributed by atoms with Gasteiger partial charge in [0.1, 0.15) is 53.9 Å². The van der Waals surface area contributed by atoms with E-state index < -0.39 is 208 Å². The molecule has 2 bridgehead atoms. The molecule has 12 atom stereocenters. The van der Waals surface area contributed by atoms with Crippen molar-refractivity contribution in [1.82, 2.24) is 60.0 Å². The molecule has 8 rings (SSSR count). The van der Waals surface area contributed by atoms with Gasteiger partial charge in [-0.15, -0.1) is 23.9 Å². The van der Waals surface area contributed by atoms with Gasteiger partial charge in [0.15, 0.2) is 0 Å². The zero-order valence-corrected chi connectivity index (χ0v) is 65.0. The summed E-state index contributed by atoms with van der Waals surface area (Å²) in [5.74, 6) is -12.0. The number of hydrogen-bond donors (Lipinski definition) is 3. The summed E-state index contributed by atoms with van der Waals surface area (Å²) in [4.78, 5) is 192. The first-order valence-electron chi connectivity index (χ1n) is 38.1. The van der Waals surface area contributed by atoms with Gasteiger partial charge in [0.05, 0.1) is 31.3 Å². The first kappa shape index (κ1) is 85.4. The van der Waals surface area contributed by atoms with Crippen LogP contribution in [0.2, 0.25) is 0 Å². The molecule has 3 N–H and O–H groups in total. The molecule has 8 aliphatic rings. The predicted molar refractivity (Wildman–Crippen MR) is 385 cm³/mol. The van der Waals surface area contributed by atoms with E-state index in [9.17, 15) is 55.1 Å². The smallest absolute Gasteiger partial charge is 0.347 e. The van der Waals surface area contributed by atoms with E-state index in [0.29, 0.717) is 44.9 Å². The summed E-state index contributed by atoms with van der Waals surface area (Å²) in [6.45, 7) is 5.79. The van der Waals surface area contributed by atoms with Crippen LogP contribution in [0, 0.1) is 58.7 Å². The van der Waals surface area contributed by atoms with Gasteiger partial charge in [0.25, 0.3) is 0 Å². The Kier molecular flexibility index (Phi) is 27.8. The molecule has 107 heavy (non-hydrogen) atoms. The molecule has 0 aromatic rings. The molecule has 2 spiro atoms. The lowest BCUT2D eigenvalue weighted by Gasteiger charge is -2.54. The molecule has 598 valence electrons. The zero-order valence-electron chi connectivity index (χ0n) is 64.3. The average molecular weight is 1540 g/mol. The number of hydrogen-bond acceptors (Lipinski definition) is 12. The summed E-state index contributed by atoms with van der Waals surface area (Å²) in [7, 11) is 10.9. The van der Waals surface area contributed by atoms with Crippen molar-refractivity contribution in [2.24, 2.45) is 46.3 Å². The standard InChI is InChI=1S/C76H113ClF6N12O12/c1-14-21-53-63(99)85-61(45(3)15-2)69(105)89(9)41-60(98)91(11)54-24-17-16-20-35-94(68(54)104)56(37-47-25-29-49(30-26-47)75(78,79)80)67(103)88(8)40-58(96)84-52(32-28-46-27-31-50(51(77)36-46)76(81,82)83)65(101)95-44-73(33-34-73)39-57(95)64(100)86-74(42-72(4,5)43-74)71(107)93(13)62(48-22-18-19-23-48)70(106)92(12)55(66(102)87(6)7)38-59(97)90(53)10/h1,16-17,45-57,61-62H,15,18-44H2,2-13H3,(H,84,96)(H,85,99)(H,86,100)/b17-16-/t45-,46?,47?,49?,50?,51?,52-,53-,54-,55-,56-,57-,61-,62-/m0/s1. The number of amides is 12. The highest BCUT2D eigenvalue weighted by atomic mass is 35.5. The van der Waals surface area contributed by atoms with Crippen molar-refractivity contribution in [2.45, 2.75) is 253 Å². The molecule has 5 aliphatic carbocycles. The van der Waals surface area contributed by atoms with Crippen LogP contribution in [0.15, 0.2) is 12.2 Å². The Bertz CT molecular complexity index is 3380. The maximum absolute atomic E-state index is 15.8. The Morgan fingerprint density at radius 3 is 1.89 bits per heavy atom. The normalized spacial score (nSPS) is 32.0. The second-order valence-electron chi connectivity index (χ2n) is 33.4. The third-order valence-corrected chi connectivity index (χ3v) is 25.2. The van der Waals surface area contributed by atoms with E-state index in [1.54, 1.807) is 26.0 Å². The number of alkyl halides is 7. The van der Waals surface area contributed by atoms with Crippen LogP contribution in [0.3, 0.4) is 0 Å². The maximum atomic E-state index is 15.8. The van der Waals surface area contributed by atoms with Gasteiger partial charge in [-0.05, 0) is 156 Å². The molecule has 31 heteroatoms. The van der Waals surface area contributed by atoms with Gasteiger partial charge in [0.2, 0.25) is 70.9 Å². The highest BCUT2D eigenvalue weighted by Crippen LogP contribution is 2.56. The first-order chi connectivity index (χ1) is 50.0. The molecule has 2 saturated heterocycles. The molecule has 7 fully saturated rings. The number of fused-ring (bicyclic) bond motifs is 3. The van der Waals surface area contributed by atoms with E-state index >= 15 is 28.8 Å². The monoisotopic (exact) mass is 1530 g/mol. The van der Waals surface area contributed by atoms with Crippen molar-refractivity contribution in [3.05, 3.63) is 12.2 Å². The van der Waals surface area contributed by atoms with Gasteiger partial charge in [-0.1, -0.05) is 59.1 Å².